The highest BCUT2D eigenvalue weighted by atomic mass is 16.5. The van der Waals surface area contributed by atoms with Gasteiger partial charge in [0.15, 0.2) is 0 Å². The Morgan fingerprint density at radius 2 is 2.38 bits per heavy atom. The van der Waals surface area contributed by atoms with Crippen LogP contribution in [-0.2, 0) is 9.47 Å². The SMILES string of the molecule is O[C@@H]1CNC[C@H]1OC[C@H]1CCCO1. The van der Waals surface area contributed by atoms with Gasteiger partial charge in [0.2, 0.25) is 0 Å². The van der Waals surface area contributed by atoms with Crippen LogP contribution in [0.3, 0.4) is 0 Å². The molecule has 2 saturated heterocycles. The smallest absolute Gasteiger partial charge is 0.0971 e. The van der Waals surface area contributed by atoms with E-state index < -0.39 is 0 Å². The van der Waals surface area contributed by atoms with Crippen molar-refractivity contribution < 1.29 is 14.6 Å². The van der Waals surface area contributed by atoms with Crippen molar-refractivity contribution in [2.75, 3.05) is 26.3 Å². The Bertz CT molecular complexity index is 159. The minimum Gasteiger partial charge on any atom is -0.389 e. The highest BCUT2D eigenvalue weighted by molar-refractivity contribution is 4.81. The van der Waals surface area contributed by atoms with Crippen LogP contribution < -0.4 is 5.32 Å². The van der Waals surface area contributed by atoms with Gasteiger partial charge in [0.25, 0.3) is 0 Å². The predicted molar refractivity (Wildman–Crippen MR) is 47.6 cm³/mol. The van der Waals surface area contributed by atoms with Gasteiger partial charge in [0, 0.05) is 19.7 Å². The van der Waals surface area contributed by atoms with Gasteiger partial charge in [-0.1, -0.05) is 0 Å². The monoisotopic (exact) mass is 187 g/mol. The standard InChI is InChI=1S/C9H17NO3/c11-8-4-10-5-9(8)13-6-7-2-1-3-12-7/h7-11H,1-6H2/t7-,8-,9-/m1/s1. The van der Waals surface area contributed by atoms with Gasteiger partial charge in [0.1, 0.15) is 0 Å². The number of nitrogens with one attached hydrogen (secondary N) is 1. The van der Waals surface area contributed by atoms with Crippen molar-refractivity contribution in [3.63, 3.8) is 0 Å². The van der Waals surface area contributed by atoms with Gasteiger partial charge >= 0.3 is 0 Å². The average molecular weight is 187 g/mol. The summed E-state index contributed by atoms with van der Waals surface area (Å²) < 4.78 is 11.0. The molecule has 0 aromatic carbocycles. The number of aliphatic hydroxyl groups excluding tert-OH is 1. The molecule has 0 amide bonds. The lowest BCUT2D eigenvalue weighted by Crippen LogP contribution is -2.30. The van der Waals surface area contributed by atoms with E-state index in [1.807, 2.05) is 0 Å². The van der Waals surface area contributed by atoms with Crippen LogP contribution in [0.1, 0.15) is 12.8 Å². The maximum atomic E-state index is 9.43. The quantitative estimate of drug-likeness (QED) is 0.626. The Hall–Kier alpha value is -0.160. The van der Waals surface area contributed by atoms with E-state index in [-0.39, 0.29) is 18.3 Å². The number of hydrogen-bond acceptors (Lipinski definition) is 4. The van der Waals surface area contributed by atoms with E-state index >= 15 is 0 Å². The van der Waals surface area contributed by atoms with Gasteiger partial charge in [-0.05, 0) is 12.8 Å². The molecule has 2 aliphatic heterocycles. The van der Waals surface area contributed by atoms with E-state index in [4.69, 9.17) is 9.47 Å². The summed E-state index contributed by atoms with van der Waals surface area (Å²) >= 11 is 0. The minimum atomic E-state index is -0.346. The van der Waals surface area contributed by atoms with Crippen molar-refractivity contribution in [1.82, 2.24) is 5.32 Å². The van der Waals surface area contributed by atoms with Crippen LogP contribution in [0.25, 0.3) is 0 Å². The molecular formula is C9H17NO3. The molecule has 0 aromatic heterocycles. The predicted octanol–water partition coefficient (Wildman–Crippen LogP) is -0.485. The van der Waals surface area contributed by atoms with Gasteiger partial charge in [0.05, 0.1) is 24.9 Å². The zero-order valence-electron chi connectivity index (χ0n) is 7.74. The summed E-state index contributed by atoms with van der Waals surface area (Å²) in [5.74, 6) is 0. The molecule has 76 valence electrons. The first kappa shape index (κ1) is 9.40. The lowest BCUT2D eigenvalue weighted by atomic mass is 10.2. The third-order valence-corrected chi connectivity index (χ3v) is 2.65. The van der Waals surface area contributed by atoms with E-state index in [0.29, 0.717) is 13.2 Å². The fraction of sp³-hybridized carbons (Fsp3) is 1.00. The number of ether oxygens (including phenoxy) is 2. The molecule has 0 saturated carbocycles. The lowest BCUT2D eigenvalue weighted by molar-refractivity contribution is -0.0502. The fourth-order valence-electron chi connectivity index (χ4n) is 1.82. The summed E-state index contributed by atoms with van der Waals surface area (Å²) in [6, 6.07) is 0. The summed E-state index contributed by atoms with van der Waals surface area (Å²) in [5, 5.41) is 12.5. The number of hydrogen-bond donors (Lipinski definition) is 2. The van der Waals surface area contributed by atoms with Crippen LogP contribution in [0.2, 0.25) is 0 Å². The highest BCUT2D eigenvalue weighted by Crippen LogP contribution is 2.14. The van der Waals surface area contributed by atoms with Gasteiger partial charge < -0.3 is 19.9 Å². The zero-order valence-corrected chi connectivity index (χ0v) is 7.74. The topological polar surface area (TPSA) is 50.7 Å². The van der Waals surface area contributed by atoms with E-state index in [1.165, 1.54) is 0 Å². The molecule has 2 aliphatic rings. The molecular weight excluding hydrogens is 170 g/mol. The molecule has 0 spiro atoms. The van der Waals surface area contributed by atoms with Crippen LogP contribution in [0, 0.1) is 0 Å². The summed E-state index contributed by atoms with van der Waals surface area (Å²) in [6.45, 7) is 2.90. The van der Waals surface area contributed by atoms with Crippen LogP contribution in [-0.4, -0.2) is 49.7 Å². The van der Waals surface area contributed by atoms with E-state index in [2.05, 4.69) is 5.32 Å². The maximum Gasteiger partial charge on any atom is 0.0971 e. The van der Waals surface area contributed by atoms with Crippen molar-refractivity contribution in [3.8, 4) is 0 Å². The summed E-state index contributed by atoms with van der Waals surface area (Å²) in [4.78, 5) is 0. The van der Waals surface area contributed by atoms with E-state index in [0.717, 1.165) is 26.0 Å². The molecule has 13 heavy (non-hydrogen) atoms. The lowest BCUT2D eigenvalue weighted by Gasteiger charge is -2.17. The molecule has 0 radical (unpaired) electrons. The molecule has 2 N–H and O–H groups in total. The van der Waals surface area contributed by atoms with Crippen LogP contribution >= 0.6 is 0 Å². The first-order valence-electron chi connectivity index (χ1n) is 4.98. The first-order chi connectivity index (χ1) is 6.36. The third-order valence-electron chi connectivity index (χ3n) is 2.65. The Morgan fingerprint density at radius 3 is 3.00 bits per heavy atom. The number of β-amino-alcohol motifs (C(OH)–C–C–N with tert-alkyl or cyclic N) is 1. The van der Waals surface area contributed by atoms with Crippen molar-refractivity contribution in [2.45, 2.75) is 31.2 Å². The molecule has 0 unspecified atom stereocenters. The van der Waals surface area contributed by atoms with Crippen LogP contribution in [0.5, 0.6) is 0 Å². The fourth-order valence-corrected chi connectivity index (χ4v) is 1.82. The second-order valence-electron chi connectivity index (χ2n) is 3.73. The van der Waals surface area contributed by atoms with Gasteiger partial charge in [-0.3, -0.25) is 0 Å². The van der Waals surface area contributed by atoms with Crippen molar-refractivity contribution in [2.24, 2.45) is 0 Å². The minimum absolute atomic E-state index is 0.0378. The molecule has 0 aliphatic carbocycles. The van der Waals surface area contributed by atoms with E-state index in [9.17, 15) is 5.11 Å². The second-order valence-corrected chi connectivity index (χ2v) is 3.73. The van der Waals surface area contributed by atoms with Gasteiger partial charge in [-0.25, -0.2) is 0 Å². The molecule has 2 rings (SSSR count). The molecule has 2 fully saturated rings. The molecule has 4 nitrogen and oxygen atoms in total. The first-order valence-corrected chi connectivity index (χ1v) is 4.98. The van der Waals surface area contributed by atoms with Crippen molar-refractivity contribution in [3.05, 3.63) is 0 Å². The van der Waals surface area contributed by atoms with Crippen molar-refractivity contribution in [1.29, 1.82) is 0 Å². The summed E-state index contributed by atoms with van der Waals surface area (Å²) in [7, 11) is 0. The Balaban J connectivity index is 1.66. The maximum absolute atomic E-state index is 9.43. The zero-order chi connectivity index (χ0) is 9.10. The number of aliphatic hydroxyl groups is 1. The Morgan fingerprint density at radius 1 is 1.46 bits per heavy atom. The highest BCUT2D eigenvalue weighted by Gasteiger charge is 2.27. The number of rotatable bonds is 3. The summed E-state index contributed by atoms with van der Waals surface area (Å²) in [6.07, 6.45) is 2.11. The largest absolute Gasteiger partial charge is 0.389 e. The molecule has 0 bridgehead atoms. The third kappa shape index (κ3) is 2.40. The summed E-state index contributed by atoms with van der Waals surface area (Å²) in [5.41, 5.74) is 0. The van der Waals surface area contributed by atoms with Gasteiger partial charge in [-0.15, -0.1) is 0 Å². The van der Waals surface area contributed by atoms with E-state index in [1.54, 1.807) is 0 Å². The second kappa shape index (κ2) is 4.37. The average Bonchev–Trinajstić information content (AvgIpc) is 2.72. The van der Waals surface area contributed by atoms with Crippen molar-refractivity contribution >= 4 is 0 Å². The van der Waals surface area contributed by atoms with Crippen LogP contribution in [0.4, 0.5) is 0 Å². The Kier molecular flexibility index (Phi) is 3.16. The molecule has 4 heteroatoms. The molecule has 3 atom stereocenters. The normalized spacial score (nSPS) is 39.9. The molecule has 0 aromatic rings. The molecule has 2 heterocycles. The van der Waals surface area contributed by atoms with Crippen LogP contribution in [0.15, 0.2) is 0 Å². The van der Waals surface area contributed by atoms with Gasteiger partial charge in [-0.2, -0.15) is 0 Å². The Labute approximate surface area is 78.2 Å².